The van der Waals surface area contributed by atoms with Crippen molar-refractivity contribution in [1.82, 2.24) is 9.88 Å². The lowest BCUT2D eigenvalue weighted by Crippen LogP contribution is -2.38. The standard InChI is InChI=1S/C19H17Cl3N2O5/c1-27-13-5-10-3-4-24(8-11(10)6-14(13)28-2)15(25)9-29-19(26)18-17(22)16(21)12(20)7-23-18/h5-7H,3-4,8-9H2,1-2H3. The molecule has 2 heterocycles. The molecule has 1 aliphatic heterocycles. The third kappa shape index (κ3) is 4.52. The lowest BCUT2D eigenvalue weighted by atomic mass is 9.99. The molecule has 154 valence electrons. The SMILES string of the molecule is COc1cc2c(cc1OC)CN(C(=O)COC(=O)c1ncc(Cl)c(Cl)c1Cl)CC2. The molecule has 1 amide bonds. The molecule has 1 aromatic heterocycles. The molecule has 0 radical (unpaired) electrons. The maximum atomic E-state index is 12.5. The van der Waals surface area contributed by atoms with E-state index in [-0.39, 0.29) is 26.7 Å². The van der Waals surface area contributed by atoms with Crippen LogP contribution in [-0.2, 0) is 22.5 Å². The van der Waals surface area contributed by atoms with Crippen LogP contribution < -0.4 is 9.47 Å². The molecule has 0 N–H and O–H groups in total. The summed E-state index contributed by atoms with van der Waals surface area (Å²) in [5.74, 6) is 0.0407. The zero-order chi connectivity index (χ0) is 21.1. The van der Waals surface area contributed by atoms with Crippen molar-refractivity contribution in [3.8, 4) is 11.5 Å². The highest BCUT2D eigenvalue weighted by Crippen LogP contribution is 2.33. The van der Waals surface area contributed by atoms with E-state index in [0.29, 0.717) is 31.0 Å². The zero-order valence-electron chi connectivity index (χ0n) is 15.6. The number of amides is 1. The molecule has 29 heavy (non-hydrogen) atoms. The van der Waals surface area contributed by atoms with Crippen LogP contribution in [0.3, 0.4) is 0 Å². The van der Waals surface area contributed by atoms with Gasteiger partial charge in [0, 0.05) is 19.3 Å². The van der Waals surface area contributed by atoms with Crippen LogP contribution in [0, 0.1) is 0 Å². The van der Waals surface area contributed by atoms with E-state index >= 15 is 0 Å². The first-order valence-corrected chi connectivity index (χ1v) is 9.67. The second kappa shape index (κ2) is 9.07. The Kier molecular flexibility index (Phi) is 6.72. The number of nitrogens with zero attached hydrogens (tertiary/aromatic N) is 2. The Morgan fingerprint density at radius 2 is 1.72 bits per heavy atom. The molecule has 0 bridgehead atoms. The van der Waals surface area contributed by atoms with Crippen LogP contribution in [0.5, 0.6) is 11.5 Å². The Bertz CT molecular complexity index is 967. The zero-order valence-corrected chi connectivity index (χ0v) is 17.9. The number of benzene rings is 1. The van der Waals surface area contributed by atoms with Crippen LogP contribution in [0.2, 0.25) is 15.1 Å². The van der Waals surface area contributed by atoms with Crippen molar-refractivity contribution in [3.05, 3.63) is 50.2 Å². The van der Waals surface area contributed by atoms with E-state index in [1.54, 1.807) is 19.1 Å². The average molecular weight is 460 g/mol. The number of rotatable bonds is 5. The van der Waals surface area contributed by atoms with Gasteiger partial charge in [-0.15, -0.1) is 0 Å². The van der Waals surface area contributed by atoms with Crippen LogP contribution in [0.15, 0.2) is 18.3 Å². The van der Waals surface area contributed by atoms with Gasteiger partial charge in [0.25, 0.3) is 5.91 Å². The second-order valence-corrected chi connectivity index (χ2v) is 7.36. The fourth-order valence-corrected chi connectivity index (χ4v) is 3.53. The molecule has 0 saturated carbocycles. The Morgan fingerprint density at radius 1 is 1.07 bits per heavy atom. The average Bonchev–Trinajstić information content (AvgIpc) is 2.74. The van der Waals surface area contributed by atoms with Gasteiger partial charge >= 0.3 is 5.97 Å². The van der Waals surface area contributed by atoms with Crippen molar-refractivity contribution < 1.29 is 23.8 Å². The van der Waals surface area contributed by atoms with Crippen molar-refractivity contribution in [2.24, 2.45) is 0 Å². The Labute approximate surface area is 182 Å². The molecule has 3 rings (SSSR count). The van der Waals surface area contributed by atoms with E-state index in [9.17, 15) is 9.59 Å². The normalized spacial score (nSPS) is 12.9. The highest BCUT2D eigenvalue weighted by atomic mass is 35.5. The number of fused-ring (bicyclic) bond motifs is 1. The van der Waals surface area contributed by atoms with Gasteiger partial charge in [-0.3, -0.25) is 4.79 Å². The van der Waals surface area contributed by atoms with Gasteiger partial charge in [0.05, 0.1) is 29.3 Å². The number of esters is 1. The molecule has 10 heteroatoms. The molecule has 0 spiro atoms. The van der Waals surface area contributed by atoms with Crippen molar-refractivity contribution in [1.29, 1.82) is 0 Å². The number of carbonyl (C=O) groups is 2. The molecule has 0 unspecified atom stereocenters. The predicted molar refractivity (Wildman–Crippen MR) is 108 cm³/mol. The van der Waals surface area contributed by atoms with Crippen LogP contribution in [0.25, 0.3) is 0 Å². The van der Waals surface area contributed by atoms with Crippen LogP contribution in [0.4, 0.5) is 0 Å². The Hall–Kier alpha value is -2.22. The minimum absolute atomic E-state index is 0.00128. The summed E-state index contributed by atoms with van der Waals surface area (Å²) in [6.45, 7) is 0.419. The number of methoxy groups -OCH3 is 2. The molecule has 0 fully saturated rings. The smallest absolute Gasteiger partial charge is 0.359 e. The highest BCUT2D eigenvalue weighted by molar-refractivity contribution is 6.48. The lowest BCUT2D eigenvalue weighted by molar-refractivity contribution is -0.135. The molecule has 1 aliphatic rings. The third-order valence-corrected chi connectivity index (χ3v) is 5.75. The summed E-state index contributed by atoms with van der Waals surface area (Å²) in [6, 6.07) is 3.76. The fraction of sp³-hybridized carbons (Fsp3) is 0.316. The number of hydrogen-bond donors (Lipinski definition) is 0. The van der Waals surface area contributed by atoms with Crippen molar-refractivity contribution >= 4 is 46.7 Å². The van der Waals surface area contributed by atoms with Crippen LogP contribution >= 0.6 is 34.8 Å². The van der Waals surface area contributed by atoms with E-state index in [2.05, 4.69) is 4.98 Å². The predicted octanol–water partition coefficient (Wildman–Crippen LogP) is 3.80. The molecule has 1 aromatic carbocycles. The molecule has 0 saturated heterocycles. The number of pyridine rings is 1. The quantitative estimate of drug-likeness (QED) is 0.633. The Balaban J connectivity index is 1.65. The Morgan fingerprint density at radius 3 is 2.38 bits per heavy atom. The third-order valence-electron chi connectivity index (χ3n) is 4.51. The minimum atomic E-state index is -0.856. The van der Waals surface area contributed by atoms with Gasteiger partial charge in [-0.25, -0.2) is 9.78 Å². The van der Waals surface area contributed by atoms with Gasteiger partial charge in [0.2, 0.25) is 0 Å². The second-order valence-electron chi connectivity index (χ2n) is 6.20. The van der Waals surface area contributed by atoms with Gasteiger partial charge in [0.1, 0.15) is 0 Å². The van der Waals surface area contributed by atoms with Crippen molar-refractivity contribution in [2.75, 3.05) is 27.4 Å². The molecule has 7 nitrogen and oxygen atoms in total. The first kappa shape index (κ1) is 21.5. The summed E-state index contributed by atoms with van der Waals surface area (Å²) in [5, 5.41) is -0.00786. The van der Waals surface area contributed by atoms with Crippen molar-refractivity contribution in [2.45, 2.75) is 13.0 Å². The van der Waals surface area contributed by atoms with E-state index in [0.717, 1.165) is 11.1 Å². The lowest BCUT2D eigenvalue weighted by Gasteiger charge is -2.29. The number of ether oxygens (including phenoxy) is 3. The maximum Gasteiger partial charge on any atom is 0.359 e. The summed E-state index contributed by atoms with van der Waals surface area (Å²) in [4.78, 5) is 30.1. The fourth-order valence-electron chi connectivity index (χ4n) is 2.97. The number of hydrogen-bond acceptors (Lipinski definition) is 6. The van der Waals surface area contributed by atoms with Gasteiger partial charge in [-0.1, -0.05) is 34.8 Å². The highest BCUT2D eigenvalue weighted by Gasteiger charge is 2.25. The van der Waals surface area contributed by atoms with Crippen molar-refractivity contribution in [3.63, 3.8) is 0 Å². The summed E-state index contributed by atoms with van der Waals surface area (Å²) < 4.78 is 15.7. The first-order valence-electron chi connectivity index (χ1n) is 8.53. The van der Waals surface area contributed by atoms with Gasteiger partial charge in [0.15, 0.2) is 23.8 Å². The molecular weight excluding hydrogens is 443 g/mol. The monoisotopic (exact) mass is 458 g/mol. The molecular formula is C19H17Cl3N2O5. The number of halogens is 3. The van der Waals surface area contributed by atoms with E-state index in [1.807, 2.05) is 12.1 Å². The largest absolute Gasteiger partial charge is 0.493 e. The summed E-state index contributed by atoms with van der Waals surface area (Å²) in [7, 11) is 3.13. The maximum absolute atomic E-state index is 12.5. The minimum Gasteiger partial charge on any atom is -0.493 e. The molecule has 2 aromatic rings. The van der Waals surface area contributed by atoms with Gasteiger partial charge < -0.3 is 19.1 Å². The number of carbonyl (C=O) groups excluding carboxylic acids is 2. The van der Waals surface area contributed by atoms with Gasteiger partial charge in [-0.2, -0.15) is 0 Å². The summed E-state index contributed by atoms with van der Waals surface area (Å²) >= 11 is 17.7. The summed E-state index contributed by atoms with van der Waals surface area (Å²) in [5.41, 5.74) is 1.83. The molecule has 0 atom stereocenters. The first-order chi connectivity index (χ1) is 13.8. The topological polar surface area (TPSA) is 78.0 Å². The number of aromatic nitrogens is 1. The van der Waals surface area contributed by atoms with E-state index in [4.69, 9.17) is 49.0 Å². The van der Waals surface area contributed by atoms with E-state index < -0.39 is 12.6 Å². The molecule has 0 aliphatic carbocycles. The van der Waals surface area contributed by atoms with Crippen LogP contribution in [0.1, 0.15) is 21.6 Å². The van der Waals surface area contributed by atoms with Crippen LogP contribution in [-0.4, -0.2) is 49.1 Å². The van der Waals surface area contributed by atoms with E-state index in [1.165, 1.54) is 6.20 Å². The summed E-state index contributed by atoms with van der Waals surface area (Å²) in [6.07, 6.45) is 1.84. The van der Waals surface area contributed by atoms with Gasteiger partial charge in [-0.05, 0) is 29.7 Å².